The number of hydrogen-bond acceptors (Lipinski definition) is 2. The van der Waals surface area contributed by atoms with Crippen molar-refractivity contribution < 1.29 is 13.6 Å². The Kier molecular flexibility index (Phi) is 3.46. The molecule has 20 heavy (non-hydrogen) atoms. The molecular weight excluding hydrogens is 262 g/mol. The zero-order chi connectivity index (χ0) is 14.3. The molecule has 0 bridgehead atoms. The molecule has 1 aromatic rings. The minimum Gasteiger partial charge on any atom is -0.341 e. The second-order valence-electron chi connectivity index (χ2n) is 5.68. The number of carbonyl (C=O) groups excluding carboxylic acids is 1. The van der Waals surface area contributed by atoms with E-state index < -0.39 is 11.6 Å². The van der Waals surface area contributed by atoms with Gasteiger partial charge < -0.3 is 10.2 Å². The summed E-state index contributed by atoms with van der Waals surface area (Å²) in [7, 11) is 1.78. The first-order valence-electron chi connectivity index (χ1n) is 7.01. The third-order valence-corrected chi connectivity index (χ3v) is 4.41. The minimum absolute atomic E-state index is 0.00588. The number of nitrogens with one attached hydrogen (secondary N) is 1. The second kappa shape index (κ2) is 5.13. The highest BCUT2D eigenvalue weighted by molar-refractivity contribution is 5.83. The van der Waals surface area contributed by atoms with Gasteiger partial charge in [0.05, 0.1) is 0 Å². The van der Waals surface area contributed by atoms with Gasteiger partial charge >= 0.3 is 0 Å². The van der Waals surface area contributed by atoms with Crippen LogP contribution in [0.3, 0.4) is 0 Å². The van der Waals surface area contributed by atoms with Crippen LogP contribution in [-0.2, 0) is 4.79 Å². The molecular formula is C15H18F2N2O. The third-order valence-electron chi connectivity index (χ3n) is 4.41. The Morgan fingerprint density at radius 3 is 2.65 bits per heavy atom. The van der Waals surface area contributed by atoms with Crippen molar-refractivity contribution in [2.24, 2.45) is 5.92 Å². The molecule has 1 amide bonds. The zero-order valence-corrected chi connectivity index (χ0v) is 11.4. The Hall–Kier alpha value is -1.49. The minimum atomic E-state index is -0.546. The lowest BCUT2D eigenvalue weighted by molar-refractivity contribution is -0.133. The molecule has 1 saturated carbocycles. The van der Waals surface area contributed by atoms with E-state index in [2.05, 4.69) is 5.32 Å². The lowest BCUT2D eigenvalue weighted by atomic mass is 10.1. The molecule has 2 aliphatic rings. The largest absolute Gasteiger partial charge is 0.341 e. The van der Waals surface area contributed by atoms with Gasteiger partial charge in [-0.05, 0) is 31.5 Å². The molecule has 5 heteroatoms. The molecule has 1 aliphatic carbocycles. The summed E-state index contributed by atoms with van der Waals surface area (Å²) >= 11 is 0. The summed E-state index contributed by atoms with van der Waals surface area (Å²) in [5.74, 6) is -1.66. The monoisotopic (exact) mass is 280 g/mol. The maximum absolute atomic E-state index is 13.7. The number of hydrogen-bond donors (Lipinski definition) is 1. The Morgan fingerprint density at radius 2 is 2.05 bits per heavy atom. The smallest absolute Gasteiger partial charge is 0.226 e. The van der Waals surface area contributed by atoms with Gasteiger partial charge in [0, 0.05) is 37.0 Å². The molecule has 3 rings (SSSR count). The number of halogens is 2. The van der Waals surface area contributed by atoms with E-state index in [1.165, 1.54) is 18.2 Å². The first-order valence-corrected chi connectivity index (χ1v) is 7.01. The van der Waals surface area contributed by atoms with Crippen molar-refractivity contribution in [1.82, 2.24) is 10.2 Å². The van der Waals surface area contributed by atoms with Gasteiger partial charge in [-0.1, -0.05) is 6.07 Å². The van der Waals surface area contributed by atoms with Crippen molar-refractivity contribution in [2.75, 3.05) is 20.1 Å². The van der Waals surface area contributed by atoms with Crippen LogP contribution < -0.4 is 5.32 Å². The molecule has 0 unspecified atom stereocenters. The second-order valence-corrected chi connectivity index (χ2v) is 5.68. The lowest BCUT2D eigenvalue weighted by Gasteiger charge is -2.24. The van der Waals surface area contributed by atoms with Gasteiger partial charge in [-0.3, -0.25) is 4.79 Å². The molecule has 108 valence electrons. The standard InChI is InChI=1S/C15H18F2N2O/c1-19(9-5-6-18-8-9)15(20)11-7-10(11)14-12(16)3-2-4-13(14)17/h2-4,9-11,18H,5-8H2,1H3/t9-,10-,11-/m1/s1. The summed E-state index contributed by atoms with van der Waals surface area (Å²) in [6.07, 6.45) is 1.48. The maximum Gasteiger partial charge on any atom is 0.226 e. The molecule has 1 heterocycles. The Labute approximate surface area is 117 Å². The summed E-state index contributed by atoms with van der Waals surface area (Å²) in [6, 6.07) is 4.06. The predicted molar refractivity (Wildman–Crippen MR) is 71.3 cm³/mol. The summed E-state index contributed by atoms with van der Waals surface area (Å²) in [5, 5.41) is 3.21. The fourth-order valence-corrected chi connectivity index (χ4v) is 3.06. The van der Waals surface area contributed by atoms with E-state index in [-0.39, 0.29) is 29.3 Å². The average Bonchev–Trinajstić information content (AvgIpc) is 3.00. The van der Waals surface area contributed by atoms with E-state index in [9.17, 15) is 13.6 Å². The normalized spacial score (nSPS) is 28.4. The van der Waals surface area contributed by atoms with Crippen LogP contribution in [0.15, 0.2) is 18.2 Å². The number of rotatable bonds is 3. The Bertz CT molecular complexity index is 508. The van der Waals surface area contributed by atoms with Crippen LogP contribution in [0.2, 0.25) is 0 Å². The van der Waals surface area contributed by atoms with Crippen molar-refractivity contribution in [3.05, 3.63) is 35.4 Å². The highest BCUT2D eigenvalue weighted by atomic mass is 19.1. The van der Waals surface area contributed by atoms with Crippen LogP contribution in [0.1, 0.15) is 24.3 Å². The summed E-state index contributed by atoms with van der Waals surface area (Å²) in [4.78, 5) is 14.1. The van der Waals surface area contributed by atoms with E-state index >= 15 is 0 Å². The predicted octanol–water partition coefficient (Wildman–Crippen LogP) is 1.89. The number of carbonyl (C=O) groups is 1. The van der Waals surface area contributed by atoms with E-state index in [0.29, 0.717) is 6.42 Å². The molecule has 0 spiro atoms. The van der Waals surface area contributed by atoms with Gasteiger partial charge in [0.25, 0.3) is 0 Å². The Morgan fingerprint density at radius 1 is 1.35 bits per heavy atom. The van der Waals surface area contributed by atoms with Crippen molar-refractivity contribution in [1.29, 1.82) is 0 Å². The molecule has 1 saturated heterocycles. The van der Waals surface area contributed by atoms with E-state index in [4.69, 9.17) is 0 Å². The van der Waals surface area contributed by atoms with Crippen LogP contribution >= 0.6 is 0 Å². The first kappa shape index (κ1) is 13.5. The van der Waals surface area contributed by atoms with Gasteiger partial charge in [0.2, 0.25) is 5.91 Å². The van der Waals surface area contributed by atoms with Crippen molar-refractivity contribution in [3.8, 4) is 0 Å². The molecule has 1 aromatic carbocycles. The Balaban J connectivity index is 1.70. The van der Waals surface area contributed by atoms with Crippen LogP contribution in [0, 0.1) is 17.6 Å². The van der Waals surface area contributed by atoms with Gasteiger partial charge in [0.15, 0.2) is 0 Å². The summed E-state index contributed by atoms with van der Waals surface area (Å²) in [6.45, 7) is 1.71. The number of nitrogens with zero attached hydrogens (tertiary/aromatic N) is 1. The highest BCUT2D eigenvalue weighted by Gasteiger charge is 2.48. The highest BCUT2D eigenvalue weighted by Crippen LogP contribution is 2.50. The van der Waals surface area contributed by atoms with Crippen molar-refractivity contribution in [2.45, 2.75) is 24.8 Å². The number of amides is 1. The van der Waals surface area contributed by atoms with Gasteiger partial charge in [0.1, 0.15) is 11.6 Å². The lowest BCUT2D eigenvalue weighted by Crippen LogP contribution is -2.39. The van der Waals surface area contributed by atoms with Crippen LogP contribution in [0.4, 0.5) is 8.78 Å². The van der Waals surface area contributed by atoms with E-state index in [1.54, 1.807) is 11.9 Å². The first-order chi connectivity index (χ1) is 9.59. The quantitative estimate of drug-likeness (QED) is 0.917. The van der Waals surface area contributed by atoms with Crippen molar-refractivity contribution >= 4 is 5.91 Å². The maximum atomic E-state index is 13.7. The molecule has 2 fully saturated rings. The number of likely N-dealkylation sites (N-methyl/N-ethyl adjacent to an activating group) is 1. The van der Waals surface area contributed by atoms with Crippen LogP contribution in [0.5, 0.6) is 0 Å². The fourth-order valence-electron chi connectivity index (χ4n) is 3.06. The average molecular weight is 280 g/mol. The molecule has 1 aliphatic heterocycles. The third kappa shape index (κ3) is 2.30. The van der Waals surface area contributed by atoms with Crippen molar-refractivity contribution in [3.63, 3.8) is 0 Å². The van der Waals surface area contributed by atoms with Gasteiger partial charge in [-0.15, -0.1) is 0 Å². The fraction of sp³-hybridized carbons (Fsp3) is 0.533. The molecule has 3 nitrogen and oxygen atoms in total. The van der Waals surface area contributed by atoms with Gasteiger partial charge in [-0.25, -0.2) is 8.78 Å². The SMILES string of the molecule is CN(C(=O)[C@@H]1C[C@H]1c1c(F)cccc1F)[C@@H]1CCNC1. The molecule has 3 atom stereocenters. The molecule has 0 radical (unpaired) electrons. The van der Waals surface area contributed by atoms with E-state index in [0.717, 1.165) is 19.5 Å². The van der Waals surface area contributed by atoms with Crippen LogP contribution in [0.25, 0.3) is 0 Å². The summed E-state index contributed by atoms with van der Waals surface area (Å²) < 4.78 is 27.4. The number of benzene rings is 1. The van der Waals surface area contributed by atoms with Crippen LogP contribution in [-0.4, -0.2) is 37.0 Å². The molecule has 0 aromatic heterocycles. The summed E-state index contributed by atoms with van der Waals surface area (Å²) in [5.41, 5.74) is 0.0730. The topological polar surface area (TPSA) is 32.3 Å². The molecule has 1 N–H and O–H groups in total. The van der Waals surface area contributed by atoms with E-state index in [1.807, 2.05) is 0 Å². The zero-order valence-electron chi connectivity index (χ0n) is 11.4. The van der Waals surface area contributed by atoms with Gasteiger partial charge in [-0.2, -0.15) is 0 Å².